The van der Waals surface area contributed by atoms with Crippen molar-refractivity contribution >= 4 is 18.0 Å². The summed E-state index contributed by atoms with van der Waals surface area (Å²) in [6.07, 6.45) is 10.5. The SMILES string of the molecule is CC.CCC1(C)C=Cc2ncncc2N=C1. The molecule has 0 amide bonds. The van der Waals surface area contributed by atoms with Crippen molar-refractivity contribution in [2.75, 3.05) is 0 Å². The number of allylic oxidation sites excluding steroid dienone is 1. The minimum Gasteiger partial charge on any atom is -0.256 e. The molecule has 1 atom stereocenters. The highest BCUT2D eigenvalue weighted by Crippen LogP contribution is 2.28. The Morgan fingerprint density at radius 1 is 1.31 bits per heavy atom. The maximum Gasteiger partial charge on any atom is 0.116 e. The quantitative estimate of drug-likeness (QED) is 0.720. The van der Waals surface area contributed by atoms with Gasteiger partial charge in [0.1, 0.15) is 12.0 Å². The summed E-state index contributed by atoms with van der Waals surface area (Å²) in [6.45, 7) is 8.31. The third-order valence-electron chi connectivity index (χ3n) is 2.61. The molecule has 0 N–H and O–H groups in total. The smallest absolute Gasteiger partial charge is 0.116 e. The molecule has 0 radical (unpaired) electrons. The number of fused-ring (bicyclic) bond motifs is 1. The van der Waals surface area contributed by atoms with Crippen molar-refractivity contribution < 1.29 is 0 Å². The predicted octanol–water partition coefficient (Wildman–Crippen LogP) is 3.65. The molecule has 0 spiro atoms. The third kappa shape index (κ3) is 2.75. The maximum atomic E-state index is 4.40. The zero-order valence-electron chi connectivity index (χ0n) is 10.4. The molecule has 1 aliphatic heterocycles. The number of nitrogens with zero attached hydrogens (tertiary/aromatic N) is 3. The minimum absolute atomic E-state index is 0.0424. The van der Waals surface area contributed by atoms with Crippen LogP contribution in [0.1, 0.15) is 39.8 Å². The van der Waals surface area contributed by atoms with Gasteiger partial charge in [0.25, 0.3) is 0 Å². The number of hydrogen-bond acceptors (Lipinski definition) is 3. The van der Waals surface area contributed by atoms with Crippen LogP contribution < -0.4 is 0 Å². The van der Waals surface area contributed by atoms with Crippen LogP contribution >= 0.6 is 0 Å². The van der Waals surface area contributed by atoms with E-state index < -0.39 is 0 Å². The molecule has 0 aromatic carbocycles. The Morgan fingerprint density at radius 2 is 2.06 bits per heavy atom. The van der Waals surface area contributed by atoms with E-state index in [1.807, 2.05) is 26.1 Å². The summed E-state index contributed by atoms with van der Waals surface area (Å²) in [6, 6.07) is 0. The summed E-state index contributed by atoms with van der Waals surface area (Å²) in [5.74, 6) is 0. The van der Waals surface area contributed by atoms with Gasteiger partial charge in [-0.2, -0.15) is 0 Å². The van der Waals surface area contributed by atoms with Crippen LogP contribution in [0.15, 0.2) is 23.6 Å². The lowest BCUT2D eigenvalue weighted by atomic mass is 9.89. The van der Waals surface area contributed by atoms with Gasteiger partial charge in [0.05, 0.1) is 11.9 Å². The largest absolute Gasteiger partial charge is 0.256 e. The number of hydrogen-bond donors (Lipinski definition) is 0. The summed E-state index contributed by atoms with van der Waals surface area (Å²) in [4.78, 5) is 12.5. The highest BCUT2D eigenvalue weighted by Gasteiger charge is 2.18. The van der Waals surface area contributed by atoms with Crippen molar-refractivity contribution in [2.24, 2.45) is 10.4 Å². The first kappa shape index (κ1) is 12.6. The number of aliphatic imine (C=N–C) groups is 1. The summed E-state index contributed by atoms with van der Waals surface area (Å²) in [5, 5.41) is 0. The van der Waals surface area contributed by atoms with E-state index in [4.69, 9.17) is 0 Å². The Kier molecular flexibility index (Phi) is 4.35. The van der Waals surface area contributed by atoms with Gasteiger partial charge >= 0.3 is 0 Å². The molecule has 0 fully saturated rings. The monoisotopic (exact) mass is 217 g/mol. The molecule has 0 aliphatic carbocycles. The minimum atomic E-state index is 0.0424. The van der Waals surface area contributed by atoms with Gasteiger partial charge in [-0.3, -0.25) is 4.99 Å². The average Bonchev–Trinajstić information content (AvgIpc) is 2.53. The lowest BCUT2D eigenvalue weighted by Gasteiger charge is -2.16. The highest BCUT2D eigenvalue weighted by molar-refractivity contribution is 5.78. The zero-order chi connectivity index (χ0) is 12.0. The molecule has 2 heterocycles. The van der Waals surface area contributed by atoms with Crippen LogP contribution in [0.5, 0.6) is 0 Å². The van der Waals surface area contributed by atoms with Crippen LogP contribution in [0, 0.1) is 5.41 Å². The van der Waals surface area contributed by atoms with Crippen molar-refractivity contribution in [3.05, 3.63) is 24.3 Å². The van der Waals surface area contributed by atoms with E-state index in [2.05, 4.69) is 34.9 Å². The molecule has 1 aromatic rings. The molecule has 0 saturated carbocycles. The molecular formula is C13H19N3. The van der Waals surface area contributed by atoms with Crippen LogP contribution in [-0.4, -0.2) is 16.2 Å². The van der Waals surface area contributed by atoms with Crippen LogP contribution in [0.25, 0.3) is 6.08 Å². The van der Waals surface area contributed by atoms with E-state index >= 15 is 0 Å². The molecule has 0 bridgehead atoms. The van der Waals surface area contributed by atoms with Gasteiger partial charge in [-0.25, -0.2) is 9.97 Å². The molecule has 3 nitrogen and oxygen atoms in total. The van der Waals surface area contributed by atoms with E-state index in [-0.39, 0.29) is 5.41 Å². The molecule has 0 saturated heterocycles. The van der Waals surface area contributed by atoms with E-state index in [1.54, 1.807) is 12.5 Å². The topological polar surface area (TPSA) is 38.1 Å². The highest BCUT2D eigenvalue weighted by atomic mass is 14.9. The standard InChI is InChI=1S/C11H13N3.C2H6/c1-3-11(2)5-4-9-10(13-7-11)6-12-8-14-9;1-2/h4-8H,3H2,1-2H3;1-2H3. The van der Waals surface area contributed by atoms with Gasteiger partial charge in [-0.15, -0.1) is 0 Å². The maximum absolute atomic E-state index is 4.40. The Hall–Kier alpha value is -1.51. The Labute approximate surface area is 97.4 Å². The summed E-state index contributed by atoms with van der Waals surface area (Å²) >= 11 is 0. The van der Waals surface area contributed by atoms with Crippen molar-refractivity contribution in [3.8, 4) is 0 Å². The molecule has 1 aromatic heterocycles. The molecule has 16 heavy (non-hydrogen) atoms. The van der Waals surface area contributed by atoms with Gasteiger partial charge in [-0.05, 0) is 12.5 Å². The van der Waals surface area contributed by atoms with Gasteiger partial charge in [0.2, 0.25) is 0 Å². The predicted molar refractivity (Wildman–Crippen MR) is 69.0 cm³/mol. The van der Waals surface area contributed by atoms with Crippen LogP contribution in [0.2, 0.25) is 0 Å². The van der Waals surface area contributed by atoms with Crippen LogP contribution in [0.4, 0.5) is 5.69 Å². The molecule has 1 unspecified atom stereocenters. The number of rotatable bonds is 1. The zero-order valence-corrected chi connectivity index (χ0v) is 10.4. The molecule has 3 heteroatoms. The van der Waals surface area contributed by atoms with Gasteiger partial charge in [0, 0.05) is 11.6 Å². The lowest BCUT2D eigenvalue weighted by molar-refractivity contribution is 0.590. The summed E-state index contributed by atoms with van der Waals surface area (Å²) in [5.41, 5.74) is 1.79. The van der Waals surface area contributed by atoms with Crippen LogP contribution in [0.3, 0.4) is 0 Å². The van der Waals surface area contributed by atoms with Crippen LogP contribution in [-0.2, 0) is 0 Å². The first-order chi connectivity index (χ1) is 7.73. The normalized spacial score (nSPS) is 21.8. The van der Waals surface area contributed by atoms with E-state index in [9.17, 15) is 0 Å². The van der Waals surface area contributed by atoms with Crippen molar-refractivity contribution in [2.45, 2.75) is 34.1 Å². The fourth-order valence-corrected chi connectivity index (χ4v) is 1.30. The van der Waals surface area contributed by atoms with Gasteiger partial charge in [0.15, 0.2) is 0 Å². The van der Waals surface area contributed by atoms with Gasteiger partial charge in [-0.1, -0.05) is 33.8 Å². The Bertz CT molecular complexity index is 361. The van der Waals surface area contributed by atoms with E-state index in [0.717, 1.165) is 17.8 Å². The lowest BCUT2D eigenvalue weighted by Crippen LogP contribution is -2.12. The Balaban J connectivity index is 0.000000606. The third-order valence-corrected chi connectivity index (χ3v) is 2.61. The Morgan fingerprint density at radius 3 is 2.75 bits per heavy atom. The number of aromatic nitrogens is 2. The first-order valence-corrected chi connectivity index (χ1v) is 5.78. The summed E-state index contributed by atoms with van der Waals surface area (Å²) in [7, 11) is 0. The average molecular weight is 217 g/mol. The van der Waals surface area contributed by atoms with Crippen molar-refractivity contribution in [1.82, 2.24) is 9.97 Å². The molecule has 86 valence electrons. The molecular weight excluding hydrogens is 198 g/mol. The second kappa shape index (κ2) is 5.54. The van der Waals surface area contributed by atoms with Crippen molar-refractivity contribution in [3.63, 3.8) is 0 Å². The van der Waals surface area contributed by atoms with E-state index in [1.165, 1.54) is 0 Å². The fourth-order valence-electron chi connectivity index (χ4n) is 1.30. The first-order valence-electron chi connectivity index (χ1n) is 5.78. The second-order valence-corrected chi connectivity index (χ2v) is 3.74. The molecule has 2 rings (SSSR count). The second-order valence-electron chi connectivity index (χ2n) is 3.74. The molecule has 1 aliphatic rings. The summed E-state index contributed by atoms with van der Waals surface area (Å²) < 4.78 is 0. The fraction of sp³-hybridized carbons (Fsp3) is 0.462. The van der Waals surface area contributed by atoms with Crippen molar-refractivity contribution in [1.29, 1.82) is 0 Å². The van der Waals surface area contributed by atoms with E-state index in [0.29, 0.717) is 0 Å². The van der Waals surface area contributed by atoms with Gasteiger partial charge < -0.3 is 0 Å².